The molecule has 0 saturated carbocycles. The zero-order valence-electron chi connectivity index (χ0n) is 29.0. The van der Waals surface area contributed by atoms with E-state index >= 15 is 0 Å². The van der Waals surface area contributed by atoms with E-state index in [4.69, 9.17) is 42.6 Å². The number of carbonyl (C=O) groups excluding carboxylic acids is 3. The molecule has 4 rings (SSSR count). The van der Waals surface area contributed by atoms with Crippen molar-refractivity contribution in [1.29, 1.82) is 0 Å². The van der Waals surface area contributed by atoms with Gasteiger partial charge in [0.1, 0.15) is 5.75 Å². The molecule has 0 spiro atoms. The Morgan fingerprint density at radius 1 is 0.681 bits per heavy atom. The van der Waals surface area contributed by atoms with Crippen molar-refractivity contribution >= 4 is 17.9 Å². The summed E-state index contributed by atoms with van der Waals surface area (Å²) in [5.74, 6) is -0.962. The molecule has 3 aliphatic rings. The lowest BCUT2D eigenvalue weighted by molar-refractivity contribution is -0.331. The molecule has 264 valence electrons. The maximum absolute atomic E-state index is 12.2. The molecular weight excluding hydrogens is 612 g/mol. The van der Waals surface area contributed by atoms with Crippen LogP contribution in [0, 0.1) is 23.7 Å². The van der Waals surface area contributed by atoms with Gasteiger partial charge in [0.05, 0.1) is 32.0 Å². The normalized spacial score (nSPS) is 36.5. The van der Waals surface area contributed by atoms with Crippen LogP contribution in [-0.2, 0) is 52.3 Å². The Kier molecular flexibility index (Phi) is 13.1. The van der Waals surface area contributed by atoms with Gasteiger partial charge < -0.3 is 42.6 Å². The van der Waals surface area contributed by atoms with Gasteiger partial charge in [-0.05, 0) is 36.0 Å². The maximum atomic E-state index is 12.2. The molecule has 0 aliphatic carbocycles. The van der Waals surface area contributed by atoms with E-state index < -0.39 is 67.3 Å². The lowest BCUT2D eigenvalue weighted by Crippen LogP contribution is -2.58. The first kappa shape index (κ1) is 37.1. The molecule has 1 aromatic rings. The van der Waals surface area contributed by atoms with Gasteiger partial charge in [0.2, 0.25) is 6.29 Å². The van der Waals surface area contributed by atoms with Gasteiger partial charge in [-0.15, -0.1) is 0 Å². The molecule has 0 amide bonds. The zero-order chi connectivity index (χ0) is 34.4. The van der Waals surface area contributed by atoms with Crippen molar-refractivity contribution < 1.29 is 57.0 Å². The Morgan fingerprint density at radius 3 is 1.57 bits per heavy atom. The van der Waals surface area contributed by atoms with Crippen LogP contribution in [-0.4, -0.2) is 87.1 Å². The van der Waals surface area contributed by atoms with E-state index in [1.807, 2.05) is 52.0 Å². The van der Waals surface area contributed by atoms with Crippen LogP contribution in [0.1, 0.15) is 80.2 Å². The van der Waals surface area contributed by atoms with E-state index in [0.717, 1.165) is 6.42 Å². The van der Waals surface area contributed by atoms with Crippen molar-refractivity contribution in [2.45, 2.75) is 124 Å². The number of esters is 3. The fourth-order valence-electron chi connectivity index (χ4n) is 6.17. The highest BCUT2D eigenvalue weighted by atomic mass is 16.8. The summed E-state index contributed by atoms with van der Waals surface area (Å²) in [4.78, 5) is 36.2. The summed E-state index contributed by atoms with van der Waals surface area (Å²) >= 11 is 0. The van der Waals surface area contributed by atoms with Crippen LogP contribution in [0.3, 0.4) is 0 Å². The summed E-state index contributed by atoms with van der Waals surface area (Å²) in [6.45, 7) is 16.8. The molecule has 0 N–H and O–H groups in total. The van der Waals surface area contributed by atoms with Crippen molar-refractivity contribution in [3.05, 3.63) is 29.8 Å². The summed E-state index contributed by atoms with van der Waals surface area (Å²) < 4.78 is 54.1. The highest BCUT2D eigenvalue weighted by Crippen LogP contribution is 2.36. The SMILES string of the molecule is CCC(C)c1ccc(OC2OCC(OC3OCC(OC4OCC(C)C(C)C4OC(C)=O)C(C)C3OC(C)=O)C(C)C2OC(C)=O)cc1. The second-order valence-electron chi connectivity index (χ2n) is 13.2. The Balaban J connectivity index is 1.44. The van der Waals surface area contributed by atoms with Crippen molar-refractivity contribution in [3.63, 3.8) is 0 Å². The van der Waals surface area contributed by atoms with Gasteiger partial charge in [0, 0.05) is 38.5 Å². The Hall–Kier alpha value is -2.77. The molecule has 0 radical (unpaired) electrons. The lowest BCUT2D eigenvalue weighted by atomic mass is 9.88. The number of hydrogen-bond donors (Lipinski definition) is 0. The molecule has 13 unspecified atom stereocenters. The number of hydrogen-bond acceptors (Lipinski definition) is 12. The van der Waals surface area contributed by atoms with Gasteiger partial charge in [0.25, 0.3) is 0 Å². The van der Waals surface area contributed by atoms with Gasteiger partial charge >= 0.3 is 17.9 Å². The Bertz CT molecular complexity index is 1190. The summed E-state index contributed by atoms with van der Waals surface area (Å²) in [7, 11) is 0. The number of benzene rings is 1. The van der Waals surface area contributed by atoms with Crippen molar-refractivity contribution in [3.8, 4) is 5.75 Å². The average molecular weight is 665 g/mol. The molecule has 1 aromatic carbocycles. The summed E-state index contributed by atoms with van der Waals surface area (Å²) in [5, 5.41) is 0. The third-order valence-corrected chi connectivity index (χ3v) is 9.64. The Morgan fingerprint density at radius 2 is 1.11 bits per heavy atom. The third-order valence-electron chi connectivity index (χ3n) is 9.64. The average Bonchev–Trinajstić information content (AvgIpc) is 3.02. The second kappa shape index (κ2) is 16.6. The topological polar surface area (TPSA) is 134 Å². The third kappa shape index (κ3) is 9.44. The molecule has 47 heavy (non-hydrogen) atoms. The molecular formula is C35H52O12. The molecule has 12 heteroatoms. The van der Waals surface area contributed by atoms with Crippen LogP contribution in [0.15, 0.2) is 24.3 Å². The molecule has 3 aliphatic heterocycles. The van der Waals surface area contributed by atoms with Crippen LogP contribution < -0.4 is 4.74 Å². The number of carbonyl (C=O) groups is 3. The first-order valence-electron chi connectivity index (χ1n) is 16.7. The van der Waals surface area contributed by atoms with Crippen LogP contribution >= 0.6 is 0 Å². The molecule has 3 heterocycles. The van der Waals surface area contributed by atoms with Crippen molar-refractivity contribution in [2.24, 2.45) is 23.7 Å². The van der Waals surface area contributed by atoms with Crippen LogP contribution in [0.2, 0.25) is 0 Å². The molecule has 0 aromatic heterocycles. The van der Waals surface area contributed by atoms with Gasteiger partial charge in [-0.25, -0.2) is 0 Å². The van der Waals surface area contributed by atoms with Crippen molar-refractivity contribution in [2.75, 3.05) is 19.8 Å². The predicted octanol–water partition coefficient (Wildman–Crippen LogP) is 4.76. The number of ether oxygens (including phenoxy) is 9. The van der Waals surface area contributed by atoms with Gasteiger partial charge in [-0.3, -0.25) is 14.4 Å². The quantitative estimate of drug-likeness (QED) is 0.239. The molecule has 0 bridgehead atoms. The fourth-order valence-corrected chi connectivity index (χ4v) is 6.17. The summed E-state index contributed by atoms with van der Waals surface area (Å²) in [6, 6.07) is 7.81. The lowest BCUT2D eigenvalue weighted by Gasteiger charge is -2.46. The van der Waals surface area contributed by atoms with Crippen LogP contribution in [0.5, 0.6) is 5.75 Å². The molecule has 3 saturated heterocycles. The van der Waals surface area contributed by atoms with E-state index in [1.165, 1.54) is 26.3 Å². The van der Waals surface area contributed by atoms with Gasteiger partial charge in [-0.2, -0.15) is 0 Å². The standard InChI is InChI=1S/C35H52O12/c1-10-18(2)26-11-13-27(14-12-26)45-33-31(43-24(8)37)21(5)28(16-40-33)47-35-32(44-25(9)38)22(6)29(17-41-35)46-34-30(42-23(7)36)20(4)19(3)15-39-34/h11-14,18-22,28-35H,10,15-17H2,1-9H3. The monoisotopic (exact) mass is 664 g/mol. The molecule has 13 atom stereocenters. The highest BCUT2D eigenvalue weighted by molar-refractivity contribution is 5.67. The van der Waals surface area contributed by atoms with Crippen LogP contribution in [0.4, 0.5) is 0 Å². The Labute approximate surface area is 278 Å². The van der Waals surface area contributed by atoms with Gasteiger partial charge in [-0.1, -0.05) is 53.7 Å². The van der Waals surface area contributed by atoms with Crippen LogP contribution in [0.25, 0.3) is 0 Å². The summed E-state index contributed by atoms with van der Waals surface area (Å²) in [6.07, 6.45) is -4.96. The molecule has 12 nitrogen and oxygen atoms in total. The largest absolute Gasteiger partial charge is 0.461 e. The first-order valence-corrected chi connectivity index (χ1v) is 16.7. The fraction of sp³-hybridized carbons (Fsp3) is 0.743. The van der Waals surface area contributed by atoms with E-state index in [2.05, 4.69) is 13.8 Å². The van der Waals surface area contributed by atoms with Crippen molar-refractivity contribution in [1.82, 2.24) is 0 Å². The predicted molar refractivity (Wildman–Crippen MR) is 168 cm³/mol. The maximum Gasteiger partial charge on any atom is 0.303 e. The van der Waals surface area contributed by atoms with E-state index in [9.17, 15) is 14.4 Å². The van der Waals surface area contributed by atoms with E-state index in [0.29, 0.717) is 18.3 Å². The second-order valence-corrected chi connectivity index (χ2v) is 13.2. The molecule has 3 fully saturated rings. The van der Waals surface area contributed by atoms with Gasteiger partial charge in [0.15, 0.2) is 30.9 Å². The first-order chi connectivity index (χ1) is 22.3. The van der Waals surface area contributed by atoms with E-state index in [-0.39, 0.29) is 36.9 Å². The minimum Gasteiger partial charge on any atom is -0.461 e. The number of rotatable bonds is 11. The minimum absolute atomic E-state index is 0.00712. The summed E-state index contributed by atoms with van der Waals surface area (Å²) in [5.41, 5.74) is 1.21. The minimum atomic E-state index is -0.955. The zero-order valence-corrected chi connectivity index (χ0v) is 29.0. The smallest absolute Gasteiger partial charge is 0.303 e. The highest BCUT2D eigenvalue weighted by Gasteiger charge is 2.49. The van der Waals surface area contributed by atoms with E-state index in [1.54, 1.807) is 0 Å².